The van der Waals surface area contributed by atoms with E-state index in [0.29, 0.717) is 16.4 Å². The van der Waals surface area contributed by atoms with Crippen molar-refractivity contribution in [1.29, 1.82) is 0 Å². The maximum Gasteiger partial charge on any atom is 0.335 e. The Labute approximate surface area is 94.7 Å². The Hall–Kier alpha value is -2.43. The summed E-state index contributed by atoms with van der Waals surface area (Å²) < 4.78 is 13.0. The lowest BCUT2D eigenvalue weighted by atomic mass is 10.1. The number of hydrogen-bond acceptors (Lipinski definition) is 2. The van der Waals surface area contributed by atoms with Gasteiger partial charge in [-0.25, -0.2) is 9.78 Å². The number of carboxylic acid groups (broad SMARTS) is 1. The van der Waals surface area contributed by atoms with Crippen LogP contribution in [0.15, 0.2) is 30.5 Å². The van der Waals surface area contributed by atoms with Gasteiger partial charge in [-0.2, -0.15) is 4.39 Å². The van der Waals surface area contributed by atoms with Crippen molar-refractivity contribution < 1.29 is 14.3 Å². The second-order valence-corrected chi connectivity index (χ2v) is 3.74. The Morgan fingerprint density at radius 1 is 1.24 bits per heavy atom. The number of aromatic amines is 1. The minimum absolute atomic E-state index is 0.192. The lowest BCUT2D eigenvalue weighted by molar-refractivity contribution is 0.0697. The van der Waals surface area contributed by atoms with Gasteiger partial charge in [-0.3, -0.25) is 0 Å². The SMILES string of the molecule is O=C(O)c1ccc2c(c1)[nH]c1cnc(F)cc12. The predicted octanol–water partition coefficient (Wildman–Crippen LogP) is 2.55. The minimum atomic E-state index is -0.991. The summed E-state index contributed by atoms with van der Waals surface area (Å²) in [6.45, 7) is 0. The van der Waals surface area contributed by atoms with Crippen LogP contribution in [0.3, 0.4) is 0 Å². The number of carbonyl (C=O) groups is 1. The molecule has 4 nitrogen and oxygen atoms in total. The van der Waals surface area contributed by atoms with E-state index in [4.69, 9.17) is 5.11 Å². The predicted molar refractivity (Wildman–Crippen MR) is 60.5 cm³/mol. The van der Waals surface area contributed by atoms with Gasteiger partial charge >= 0.3 is 5.97 Å². The third kappa shape index (κ3) is 1.44. The smallest absolute Gasteiger partial charge is 0.335 e. The second-order valence-electron chi connectivity index (χ2n) is 3.74. The van der Waals surface area contributed by atoms with Gasteiger partial charge in [0.05, 0.1) is 17.3 Å². The van der Waals surface area contributed by atoms with Gasteiger partial charge in [0.15, 0.2) is 0 Å². The lowest BCUT2D eigenvalue weighted by Gasteiger charge is -1.94. The molecular weight excluding hydrogens is 223 g/mol. The van der Waals surface area contributed by atoms with E-state index in [-0.39, 0.29) is 5.56 Å². The van der Waals surface area contributed by atoms with Gasteiger partial charge in [-0.15, -0.1) is 0 Å². The molecule has 3 rings (SSSR count). The molecular formula is C12H7FN2O2. The summed E-state index contributed by atoms with van der Waals surface area (Å²) in [5.41, 5.74) is 1.54. The number of aromatic carboxylic acids is 1. The molecule has 0 saturated heterocycles. The molecule has 0 amide bonds. The van der Waals surface area contributed by atoms with Crippen LogP contribution in [0.25, 0.3) is 21.8 Å². The normalized spacial score (nSPS) is 11.1. The van der Waals surface area contributed by atoms with Crippen LogP contribution in [0.4, 0.5) is 4.39 Å². The fourth-order valence-corrected chi connectivity index (χ4v) is 1.91. The van der Waals surface area contributed by atoms with Crippen LogP contribution in [-0.2, 0) is 0 Å². The highest BCUT2D eigenvalue weighted by Gasteiger charge is 2.09. The number of nitrogens with zero attached hydrogens (tertiary/aromatic N) is 1. The minimum Gasteiger partial charge on any atom is -0.478 e. The molecule has 3 aromatic rings. The quantitative estimate of drug-likeness (QED) is 0.631. The number of halogens is 1. The second kappa shape index (κ2) is 3.28. The maximum absolute atomic E-state index is 13.0. The standard InChI is InChI=1S/C12H7FN2O2/c13-11-4-8-7-2-1-6(12(16)17)3-9(7)15-10(8)5-14-11/h1-5,15H,(H,16,17). The molecule has 2 aromatic heterocycles. The summed E-state index contributed by atoms with van der Waals surface area (Å²) in [5, 5.41) is 10.4. The number of hydrogen-bond donors (Lipinski definition) is 2. The van der Waals surface area contributed by atoms with Gasteiger partial charge in [0.2, 0.25) is 5.95 Å². The molecule has 0 saturated carbocycles. The summed E-state index contributed by atoms with van der Waals surface area (Å²) in [6.07, 6.45) is 1.39. The van der Waals surface area contributed by atoms with E-state index in [1.807, 2.05) is 0 Å². The summed E-state index contributed by atoms with van der Waals surface area (Å²) in [7, 11) is 0. The Morgan fingerprint density at radius 3 is 2.82 bits per heavy atom. The molecule has 1 aromatic carbocycles. The first-order chi connectivity index (χ1) is 8.15. The third-order valence-corrected chi connectivity index (χ3v) is 2.70. The number of carboxylic acids is 1. The zero-order valence-corrected chi connectivity index (χ0v) is 8.57. The van der Waals surface area contributed by atoms with Gasteiger partial charge in [-0.1, -0.05) is 6.07 Å². The molecule has 2 N–H and O–H groups in total. The van der Waals surface area contributed by atoms with Gasteiger partial charge in [0.1, 0.15) is 0 Å². The molecule has 2 heterocycles. The fraction of sp³-hybridized carbons (Fsp3) is 0. The van der Waals surface area contributed by atoms with Crippen molar-refractivity contribution >= 4 is 27.8 Å². The monoisotopic (exact) mass is 230 g/mol. The maximum atomic E-state index is 13.0. The zero-order valence-electron chi connectivity index (χ0n) is 8.57. The Bertz CT molecular complexity index is 749. The van der Waals surface area contributed by atoms with Crippen LogP contribution < -0.4 is 0 Å². The van der Waals surface area contributed by atoms with Crippen LogP contribution in [-0.4, -0.2) is 21.0 Å². The van der Waals surface area contributed by atoms with Crippen LogP contribution in [0.2, 0.25) is 0 Å². The van der Waals surface area contributed by atoms with E-state index in [1.165, 1.54) is 24.4 Å². The summed E-state index contributed by atoms with van der Waals surface area (Å²) in [4.78, 5) is 17.4. The van der Waals surface area contributed by atoms with Crippen molar-refractivity contribution in [2.24, 2.45) is 0 Å². The molecule has 0 radical (unpaired) electrons. The fourth-order valence-electron chi connectivity index (χ4n) is 1.91. The van der Waals surface area contributed by atoms with Gasteiger partial charge in [0.25, 0.3) is 0 Å². The van der Waals surface area contributed by atoms with Crippen molar-refractivity contribution in [2.45, 2.75) is 0 Å². The van der Waals surface area contributed by atoms with E-state index in [9.17, 15) is 9.18 Å². The van der Waals surface area contributed by atoms with Gasteiger partial charge in [0, 0.05) is 22.4 Å². The first kappa shape index (κ1) is 9.77. The average Bonchev–Trinajstić information content (AvgIpc) is 2.66. The molecule has 84 valence electrons. The van der Waals surface area contributed by atoms with Crippen molar-refractivity contribution in [1.82, 2.24) is 9.97 Å². The number of fused-ring (bicyclic) bond motifs is 3. The zero-order chi connectivity index (χ0) is 12.0. The highest BCUT2D eigenvalue weighted by molar-refractivity contribution is 6.08. The number of aromatic nitrogens is 2. The molecule has 17 heavy (non-hydrogen) atoms. The molecule has 0 fully saturated rings. The number of nitrogens with one attached hydrogen (secondary N) is 1. The highest BCUT2D eigenvalue weighted by Crippen LogP contribution is 2.25. The van der Waals surface area contributed by atoms with Crippen molar-refractivity contribution in [3.05, 3.63) is 42.0 Å². The number of H-pyrrole nitrogens is 1. The third-order valence-electron chi connectivity index (χ3n) is 2.70. The molecule has 0 aliphatic heterocycles. The molecule has 5 heteroatoms. The molecule has 0 spiro atoms. The Kier molecular flexibility index (Phi) is 1.89. The van der Waals surface area contributed by atoms with Crippen LogP contribution >= 0.6 is 0 Å². The number of rotatable bonds is 1. The summed E-state index contributed by atoms with van der Waals surface area (Å²) in [6, 6.07) is 6.01. The summed E-state index contributed by atoms with van der Waals surface area (Å²) in [5.74, 6) is -1.55. The topological polar surface area (TPSA) is 66.0 Å². The van der Waals surface area contributed by atoms with E-state index >= 15 is 0 Å². The highest BCUT2D eigenvalue weighted by atomic mass is 19.1. The molecule has 0 aliphatic carbocycles. The number of pyridine rings is 1. The van der Waals surface area contributed by atoms with E-state index < -0.39 is 11.9 Å². The van der Waals surface area contributed by atoms with Gasteiger partial charge < -0.3 is 10.1 Å². The van der Waals surface area contributed by atoms with Crippen LogP contribution in [0.1, 0.15) is 10.4 Å². The lowest BCUT2D eigenvalue weighted by Crippen LogP contribution is -1.94. The van der Waals surface area contributed by atoms with Crippen LogP contribution in [0, 0.1) is 5.95 Å². The van der Waals surface area contributed by atoms with Gasteiger partial charge in [-0.05, 0) is 12.1 Å². The molecule has 0 atom stereocenters. The van der Waals surface area contributed by atoms with Crippen LogP contribution in [0.5, 0.6) is 0 Å². The van der Waals surface area contributed by atoms with Crippen molar-refractivity contribution in [2.75, 3.05) is 0 Å². The Balaban J connectivity index is 2.39. The summed E-state index contributed by atoms with van der Waals surface area (Å²) >= 11 is 0. The number of benzene rings is 1. The van der Waals surface area contributed by atoms with Crippen molar-refractivity contribution in [3.63, 3.8) is 0 Å². The first-order valence-electron chi connectivity index (χ1n) is 4.95. The van der Waals surface area contributed by atoms with E-state index in [0.717, 1.165) is 5.39 Å². The average molecular weight is 230 g/mol. The molecule has 0 bridgehead atoms. The molecule has 0 unspecified atom stereocenters. The van der Waals surface area contributed by atoms with Crippen molar-refractivity contribution in [3.8, 4) is 0 Å². The molecule has 0 aliphatic rings. The van der Waals surface area contributed by atoms with E-state index in [1.54, 1.807) is 6.07 Å². The largest absolute Gasteiger partial charge is 0.478 e. The van der Waals surface area contributed by atoms with E-state index in [2.05, 4.69) is 9.97 Å². The first-order valence-corrected chi connectivity index (χ1v) is 4.95. The Morgan fingerprint density at radius 2 is 2.06 bits per heavy atom.